The first-order valence-corrected chi connectivity index (χ1v) is 11.2. The topological polar surface area (TPSA) is 66.5 Å². The van der Waals surface area contributed by atoms with Gasteiger partial charge in [-0.3, -0.25) is 0 Å². The molecule has 2 atom stereocenters. The monoisotopic (exact) mass is 357 g/mol. The lowest BCUT2D eigenvalue weighted by Gasteiger charge is -2.20. The molecule has 0 aromatic heterocycles. The highest BCUT2D eigenvalue weighted by Crippen LogP contribution is 2.16. The molecule has 0 bridgehead atoms. The van der Waals surface area contributed by atoms with Crippen LogP contribution in [0.1, 0.15) is 123 Å². The summed E-state index contributed by atoms with van der Waals surface area (Å²) in [6.07, 6.45) is 20.9. The molecule has 0 amide bonds. The van der Waals surface area contributed by atoms with E-state index in [0.717, 1.165) is 6.42 Å². The lowest BCUT2D eigenvalue weighted by molar-refractivity contribution is -0.0566. The molecule has 2 unspecified atom stereocenters. The van der Waals surface area contributed by atoms with Crippen molar-refractivity contribution in [2.75, 3.05) is 0 Å². The first kappa shape index (κ1) is 24.9. The van der Waals surface area contributed by atoms with Crippen molar-refractivity contribution in [1.82, 2.24) is 0 Å². The Bertz CT molecular complexity index is 258. The minimum atomic E-state index is -1.22. The van der Waals surface area contributed by atoms with Crippen LogP contribution in [-0.2, 0) is 0 Å². The molecule has 0 heterocycles. The fraction of sp³-hybridized carbons (Fsp3) is 1.00. The van der Waals surface area contributed by atoms with Gasteiger partial charge in [-0.2, -0.15) is 0 Å². The van der Waals surface area contributed by atoms with Gasteiger partial charge in [0.2, 0.25) is 0 Å². The Morgan fingerprint density at radius 3 is 1.36 bits per heavy atom. The fourth-order valence-corrected chi connectivity index (χ4v) is 3.54. The van der Waals surface area contributed by atoms with Gasteiger partial charge >= 0.3 is 0 Å². The lowest BCUT2D eigenvalue weighted by atomic mass is 9.93. The maximum atomic E-state index is 8.98. The lowest BCUT2D eigenvalue weighted by Crippen LogP contribution is -2.30. The van der Waals surface area contributed by atoms with Gasteiger partial charge in [0.1, 0.15) is 0 Å². The van der Waals surface area contributed by atoms with Crippen molar-refractivity contribution in [3.63, 3.8) is 0 Å². The highest BCUT2D eigenvalue weighted by atomic mass is 16.5. The highest BCUT2D eigenvalue weighted by molar-refractivity contribution is 4.69. The van der Waals surface area contributed by atoms with Crippen molar-refractivity contribution in [3.05, 3.63) is 0 Å². The standard InChI is InChI=1S/C22H47NO2/c1-3-4-5-6-7-8-9-10-11-12-13-14-15-16-17-18-21(23)20(2)19-22(24)25/h20-22,24-25H,3-19,23H2,1-2H3. The van der Waals surface area contributed by atoms with Crippen LogP contribution < -0.4 is 5.73 Å². The van der Waals surface area contributed by atoms with Crippen LogP contribution >= 0.6 is 0 Å². The van der Waals surface area contributed by atoms with Crippen molar-refractivity contribution in [3.8, 4) is 0 Å². The molecular weight excluding hydrogens is 310 g/mol. The van der Waals surface area contributed by atoms with Gasteiger partial charge in [0.25, 0.3) is 0 Å². The van der Waals surface area contributed by atoms with Crippen molar-refractivity contribution in [1.29, 1.82) is 0 Å². The molecule has 0 aliphatic heterocycles. The van der Waals surface area contributed by atoms with Gasteiger partial charge in [-0.15, -0.1) is 0 Å². The van der Waals surface area contributed by atoms with Crippen LogP contribution in [0.2, 0.25) is 0 Å². The van der Waals surface area contributed by atoms with Crippen molar-refractivity contribution >= 4 is 0 Å². The zero-order valence-electron chi connectivity index (χ0n) is 17.2. The van der Waals surface area contributed by atoms with Crippen LogP contribution in [0.3, 0.4) is 0 Å². The van der Waals surface area contributed by atoms with Crippen LogP contribution in [0.25, 0.3) is 0 Å². The average Bonchev–Trinajstić information content (AvgIpc) is 2.57. The molecule has 0 fully saturated rings. The van der Waals surface area contributed by atoms with Crippen LogP contribution in [-0.4, -0.2) is 22.5 Å². The summed E-state index contributed by atoms with van der Waals surface area (Å²) in [5.41, 5.74) is 6.10. The molecule has 0 saturated carbocycles. The van der Waals surface area contributed by atoms with Gasteiger partial charge < -0.3 is 15.9 Å². The summed E-state index contributed by atoms with van der Waals surface area (Å²) in [6.45, 7) is 4.29. The molecule has 0 radical (unpaired) electrons. The zero-order valence-corrected chi connectivity index (χ0v) is 17.2. The summed E-state index contributed by atoms with van der Waals surface area (Å²) in [5.74, 6) is 0.187. The molecular formula is C22H47NO2. The van der Waals surface area contributed by atoms with E-state index >= 15 is 0 Å². The molecule has 3 nitrogen and oxygen atoms in total. The van der Waals surface area contributed by atoms with E-state index in [1.165, 1.54) is 96.3 Å². The van der Waals surface area contributed by atoms with Gasteiger partial charge in [0.15, 0.2) is 6.29 Å². The Balaban J connectivity index is 3.19. The molecule has 0 aromatic rings. The van der Waals surface area contributed by atoms with Gasteiger partial charge in [0, 0.05) is 12.5 Å². The third-order valence-corrected chi connectivity index (χ3v) is 5.45. The number of unbranched alkanes of at least 4 members (excludes halogenated alkanes) is 14. The summed E-state index contributed by atoms with van der Waals surface area (Å²) in [6, 6.07) is 0.101. The summed E-state index contributed by atoms with van der Waals surface area (Å²) in [5, 5.41) is 18.0. The van der Waals surface area contributed by atoms with Gasteiger partial charge in [-0.05, 0) is 12.3 Å². The van der Waals surface area contributed by atoms with Gasteiger partial charge in [0.05, 0.1) is 0 Å². The number of aliphatic hydroxyl groups is 2. The molecule has 0 aromatic carbocycles. The Kier molecular flexibility index (Phi) is 18.6. The van der Waals surface area contributed by atoms with E-state index in [2.05, 4.69) is 6.92 Å². The minimum Gasteiger partial charge on any atom is -0.368 e. The van der Waals surface area contributed by atoms with Crippen LogP contribution in [0.5, 0.6) is 0 Å². The quantitative estimate of drug-likeness (QED) is 0.199. The zero-order chi connectivity index (χ0) is 18.8. The molecule has 0 saturated heterocycles. The first-order valence-electron chi connectivity index (χ1n) is 11.2. The smallest absolute Gasteiger partial charge is 0.151 e. The Hall–Kier alpha value is -0.120. The number of hydrogen-bond acceptors (Lipinski definition) is 3. The van der Waals surface area contributed by atoms with E-state index in [9.17, 15) is 0 Å². The van der Waals surface area contributed by atoms with Crippen LogP contribution in [0.4, 0.5) is 0 Å². The largest absolute Gasteiger partial charge is 0.368 e. The van der Waals surface area contributed by atoms with E-state index in [4.69, 9.17) is 15.9 Å². The summed E-state index contributed by atoms with van der Waals surface area (Å²) in [4.78, 5) is 0. The van der Waals surface area contributed by atoms with E-state index in [1.54, 1.807) is 0 Å². The second kappa shape index (κ2) is 18.7. The van der Waals surface area contributed by atoms with E-state index in [1.807, 2.05) is 6.92 Å². The first-order chi connectivity index (χ1) is 12.1. The van der Waals surface area contributed by atoms with Gasteiger partial charge in [-0.25, -0.2) is 0 Å². The Morgan fingerprint density at radius 2 is 1.00 bits per heavy atom. The maximum Gasteiger partial charge on any atom is 0.151 e. The van der Waals surface area contributed by atoms with Crippen molar-refractivity contribution in [2.45, 2.75) is 135 Å². The third-order valence-electron chi connectivity index (χ3n) is 5.45. The average molecular weight is 358 g/mol. The third kappa shape index (κ3) is 18.5. The second-order valence-corrected chi connectivity index (χ2v) is 8.10. The molecule has 0 rings (SSSR count). The Morgan fingerprint density at radius 1 is 0.640 bits per heavy atom. The van der Waals surface area contributed by atoms with E-state index in [-0.39, 0.29) is 12.0 Å². The second-order valence-electron chi connectivity index (χ2n) is 8.10. The Labute approximate surface area is 157 Å². The number of hydrogen-bond donors (Lipinski definition) is 3. The number of aliphatic hydroxyl groups excluding tert-OH is 1. The number of nitrogens with two attached hydrogens (primary N) is 1. The number of rotatable bonds is 19. The predicted octanol–water partition coefficient (Wildman–Crippen LogP) is 5.91. The molecule has 3 heteroatoms. The summed E-state index contributed by atoms with van der Waals surface area (Å²) >= 11 is 0. The molecule has 4 N–H and O–H groups in total. The minimum absolute atomic E-state index is 0.101. The predicted molar refractivity (Wildman–Crippen MR) is 110 cm³/mol. The van der Waals surface area contributed by atoms with Crippen molar-refractivity contribution in [2.24, 2.45) is 11.7 Å². The SMILES string of the molecule is CCCCCCCCCCCCCCCCCC(N)C(C)CC(O)O. The molecule has 0 aliphatic rings. The molecule has 25 heavy (non-hydrogen) atoms. The van der Waals surface area contributed by atoms with E-state index in [0.29, 0.717) is 6.42 Å². The van der Waals surface area contributed by atoms with Crippen LogP contribution in [0, 0.1) is 5.92 Å². The normalized spacial score (nSPS) is 14.2. The summed E-state index contributed by atoms with van der Waals surface area (Å²) < 4.78 is 0. The highest BCUT2D eigenvalue weighted by Gasteiger charge is 2.15. The van der Waals surface area contributed by atoms with Crippen molar-refractivity contribution < 1.29 is 10.2 Å². The summed E-state index contributed by atoms with van der Waals surface area (Å²) in [7, 11) is 0. The van der Waals surface area contributed by atoms with E-state index < -0.39 is 6.29 Å². The molecule has 0 aliphatic carbocycles. The van der Waals surface area contributed by atoms with Gasteiger partial charge in [-0.1, -0.05) is 110 Å². The molecule has 0 spiro atoms. The molecule has 152 valence electrons. The van der Waals surface area contributed by atoms with Crippen LogP contribution in [0.15, 0.2) is 0 Å². The fourth-order valence-electron chi connectivity index (χ4n) is 3.54. The maximum absolute atomic E-state index is 8.98.